The zero-order valence-electron chi connectivity index (χ0n) is 32.2. The van der Waals surface area contributed by atoms with Crippen LogP contribution in [0.2, 0.25) is 49.9 Å². The fraction of sp³-hybridized carbons (Fsp3) is 0.917. The molecule has 0 aromatic carbocycles. The average molecular weight is 707 g/mol. The maximum atomic E-state index is 7.83. The fourth-order valence-corrected chi connectivity index (χ4v) is 26.9. The molecule has 1 saturated heterocycles. The van der Waals surface area contributed by atoms with Crippen LogP contribution in [0.25, 0.3) is 0 Å². The number of rotatable bonds is 18. The summed E-state index contributed by atoms with van der Waals surface area (Å²) in [5, 5.41) is 0. The van der Waals surface area contributed by atoms with Gasteiger partial charge in [-0.05, 0) is 0 Å². The molecule has 1 aliphatic rings. The molecule has 260 valence electrons. The van der Waals surface area contributed by atoms with E-state index in [1.807, 2.05) is 6.08 Å². The Bertz CT molecular complexity index is 834. The molecule has 0 saturated carbocycles. The van der Waals surface area contributed by atoms with Crippen LogP contribution < -0.4 is 0 Å². The molecule has 1 aliphatic heterocycles. The van der Waals surface area contributed by atoms with E-state index in [1.54, 1.807) is 0 Å². The van der Waals surface area contributed by atoms with Gasteiger partial charge in [-0.15, -0.1) is 0 Å². The molecular weight excluding hydrogens is 633 g/mol. The summed E-state index contributed by atoms with van der Waals surface area (Å²) in [7, 11) is -6.71. The van der Waals surface area contributed by atoms with Crippen molar-refractivity contribution in [2.45, 2.75) is 199 Å². The number of hydrogen-bond donors (Lipinski definition) is 0. The van der Waals surface area contributed by atoms with Crippen molar-refractivity contribution in [2.24, 2.45) is 5.92 Å². The summed E-state index contributed by atoms with van der Waals surface area (Å²) in [4.78, 5) is 0. The zero-order chi connectivity index (χ0) is 34.5. The van der Waals surface area contributed by atoms with Crippen LogP contribution in [-0.4, -0.2) is 54.4 Å². The van der Waals surface area contributed by atoms with E-state index in [9.17, 15) is 0 Å². The van der Waals surface area contributed by atoms with Gasteiger partial charge >= 0.3 is 288 Å². The van der Waals surface area contributed by atoms with E-state index >= 15 is 0 Å². The van der Waals surface area contributed by atoms with Gasteiger partial charge in [0.2, 0.25) is 0 Å². The van der Waals surface area contributed by atoms with Gasteiger partial charge in [-0.3, -0.25) is 0 Å². The van der Waals surface area contributed by atoms with Crippen molar-refractivity contribution in [1.29, 1.82) is 0 Å². The summed E-state index contributed by atoms with van der Waals surface area (Å²) >= 11 is 3.36. The first-order valence-corrected chi connectivity index (χ1v) is 25.0. The Hall–Kier alpha value is 0.633. The van der Waals surface area contributed by atoms with Gasteiger partial charge in [-0.1, -0.05) is 0 Å². The monoisotopic (exact) mass is 706 g/mol. The molecule has 0 amide bonds. The summed E-state index contributed by atoms with van der Waals surface area (Å²) in [5.74, 6) is 0.0531. The topological polar surface area (TPSA) is 36.9 Å². The van der Waals surface area contributed by atoms with Crippen molar-refractivity contribution >= 4 is 29.5 Å². The third kappa shape index (κ3) is 8.43. The van der Waals surface area contributed by atoms with Gasteiger partial charge in [-0.25, -0.2) is 0 Å². The molecule has 4 atom stereocenters. The first-order valence-electron chi connectivity index (χ1n) is 17.9. The molecule has 8 heteroatoms. The molecule has 1 rings (SSSR count). The first-order chi connectivity index (χ1) is 20.1. The van der Waals surface area contributed by atoms with E-state index in [-0.39, 0.29) is 24.2 Å². The van der Waals surface area contributed by atoms with Gasteiger partial charge < -0.3 is 0 Å². The van der Waals surface area contributed by atoms with Crippen molar-refractivity contribution < 1.29 is 33.9 Å². The minimum absolute atomic E-state index is 0.0531. The van der Waals surface area contributed by atoms with E-state index in [0.29, 0.717) is 56.5 Å². The molecule has 0 bridgehead atoms. The number of ether oxygens (including phenoxy) is 1. The molecular formula is C36H74CrO4Si3. The minimum atomic E-state index is -2.30. The summed E-state index contributed by atoms with van der Waals surface area (Å²) in [6.07, 6.45) is 2.26. The van der Waals surface area contributed by atoms with E-state index in [4.69, 9.17) is 18.0 Å². The van der Waals surface area contributed by atoms with Gasteiger partial charge in [-0.2, -0.15) is 0 Å². The standard InChI is InChI=1S/C36H74O4Si3.Cr/c1-20-21-33-22-37-34(23-38-41(24(2)3,25(4)5)26(6)7)36(40-43(30(14)15,31(16)17)32(18)19)35(33)39-42(27(8)9,28(10)11)29(12)13;/h20,24-36H,1,21,23H2,2-19H3;/t33-,34-,35-,36-;/m1./s1. The summed E-state index contributed by atoms with van der Waals surface area (Å²) < 4.78 is 30.8. The summed E-state index contributed by atoms with van der Waals surface area (Å²) in [6.45, 7) is 47.5. The van der Waals surface area contributed by atoms with E-state index in [1.165, 1.54) is 0 Å². The summed E-state index contributed by atoms with van der Waals surface area (Å²) in [6, 6.07) is 0. The van der Waals surface area contributed by atoms with Crippen molar-refractivity contribution in [3.63, 3.8) is 0 Å². The fourth-order valence-electron chi connectivity index (χ4n) is 9.72. The molecule has 0 unspecified atom stereocenters. The molecule has 1 heterocycles. The quantitative estimate of drug-likeness (QED) is 0.105. The van der Waals surface area contributed by atoms with Crippen LogP contribution in [-0.2, 0) is 33.9 Å². The Morgan fingerprint density at radius 2 is 0.909 bits per heavy atom. The van der Waals surface area contributed by atoms with E-state index in [2.05, 4.69) is 147 Å². The Balaban J connectivity index is 4.03. The molecule has 0 aromatic heterocycles. The summed E-state index contributed by atoms with van der Waals surface area (Å²) in [5.41, 5.74) is 4.29. The van der Waals surface area contributed by atoms with Crippen molar-refractivity contribution in [3.05, 3.63) is 12.7 Å². The van der Waals surface area contributed by atoms with Gasteiger partial charge in [0.05, 0.1) is 0 Å². The van der Waals surface area contributed by atoms with Gasteiger partial charge in [0.1, 0.15) is 0 Å². The van der Waals surface area contributed by atoms with Crippen LogP contribution >= 0.6 is 0 Å². The SMILES string of the molecule is C=CC[C@@H]1[C](=[Cr])O[C@H](CO[Si](C(C)C)(C(C)C)C(C)C)[C@@H](O[Si](C(C)C)(C(C)C)C(C)C)[C@@H]1O[Si](C(C)C)(C(C)C)C(C)C. The van der Waals surface area contributed by atoms with E-state index in [0.717, 1.165) is 11.0 Å². The molecule has 0 aliphatic carbocycles. The predicted molar refractivity (Wildman–Crippen MR) is 197 cm³/mol. The van der Waals surface area contributed by atoms with Crippen LogP contribution in [0.1, 0.15) is 131 Å². The number of hydrogen-bond acceptors (Lipinski definition) is 4. The van der Waals surface area contributed by atoms with Crippen LogP contribution in [0.15, 0.2) is 12.7 Å². The zero-order valence-corrected chi connectivity index (χ0v) is 36.5. The second kappa shape index (κ2) is 17.3. The van der Waals surface area contributed by atoms with Crippen molar-refractivity contribution in [2.75, 3.05) is 6.61 Å². The van der Waals surface area contributed by atoms with Gasteiger partial charge in [0, 0.05) is 0 Å². The van der Waals surface area contributed by atoms with Crippen molar-refractivity contribution in [3.8, 4) is 0 Å². The molecule has 4 nitrogen and oxygen atoms in total. The Morgan fingerprint density at radius 3 is 1.20 bits per heavy atom. The van der Waals surface area contributed by atoms with E-state index < -0.39 is 25.0 Å². The third-order valence-electron chi connectivity index (χ3n) is 11.4. The molecule has 0 radical (unpaired) electrons. The Labute approximate surface area is 286 Å². The predicted octanol–water partition coefficient (Wildman–Crippen LogP) is 11.6. The van der Waals surface area contributed by atoms with Crippen LogP contribution in [0.4, 0.5) is 0 Å². The molecule has 44 heavy (non-hydrogen) atoms. The van der Waals surface area contributed by atoms with Gasteiger partial charge in [0.25, 0.3) is 0 Å². The normalized spacial score (nSPS) is 22.8. The second-order valence-electron chi connectivity index (χ2n) is 16.5. The third-order valence-corrected chi connectivity index (χ3v) is 30.3. The van der Waals surface area contributed by atoms with Crippen LogP contribution in [0.5, 0.6) is 0 Å². The van der Waals surface area contributed by atoms with Gasteiger partial charge in [0.15, 0.2) is 0 Å². The molecule has 1 fully saturated rings. The average Bonchev–Trinajstić information content (AvgIpc) is 2.86. The Kier molecular flexibility index (Phi) is 16.8. The first kappa shape index (κ1) is 42.7. The Morgan fingerprint density at radius 1 is 0.591 bits per heavy atom. The molecule has 0 N–H and O–H groups in total. The second-order valence-corrected chi connectivity index (χ2v) is 33.4. The molecule has 0 aromatic rings. The van der Waals surface area contributed by atoms with Crippen LogP contribution in [0.3, 0.4) is 0 Å². The maximum absolute atomic E-state index is 7.83. The van der Waals surface area contributed by atoms with Crippen LogP contribution in [0, 0.1) is 5.92 Å². The number of allylic oxidation sites excluding steroid dienone is 1. The van der Waals surface area contributed by atoms with Crippen molar-refractivity contribution in [1.82, 2.24) is 0 Å². The molecule has 0 spiro atoms.